The fourth-order valence-corrected chi connectivity index (χ4v) is 5.85. The Hall–Kier alpha value is -3.66. The van der Waals surface area contributed by atoms with Gasteiger partial charge < -0.3 is 14.8 Å². The van der Waals surface area contributed by atoms with E-state index in [0.29, 0.717) is 53.4 Å². The first-order valence-corrected chi connectivity index (χ1v) is 15.9. The number of esters is 1. The van der Waals surface area contributed by atoms with E-state index in [-0.39, 0.29) is 30.0 Å². The summed E-state index contributed by atoms with van der Waals surface area (Å²) in [5.74, 6) is -0.930. The van der Waals surface area contributed by atoms with Crippen molar-refractivity contribution in [2.24, 2.45) is 5.92 Å². The van der Waals surface area contributed by atoms with Gasteiger partial charge in [0.1, 0.15) is 11.4 Å². The Morgan fingerprint density at radius 2 is 1.80 bits per heavy atom. The minimum atomic E-state index is -0.668. The maximum atomic E-state index is 15.7. The maximum Gasteiger partial charge on any atom is 0.339 e. The molecule has 10 heteroatoms. The van der Waals surface area contributed by atoms with Crippen LogP contribution in [0.2, 0.25) is 0 Å². The SMILES string of the molecule is CCOc1nc(CC)c(CNC(=O)[C@H](CC(C)C)SC(C)=O)n1Cc1ccc(-c2ccccc2C(=O)OC(C)(C)C)cc1F. The van der Waals surface area contributed by atoms with Crippen molar-refractivity contribution in [2.45, 2.75) is 92.2 Å². The van der Waals surface area contributed by atoms with Crippen molar-refractivity contribution in [3.8, 4) is 17.1 Å². The zero-order valence-corrected chi connectivity index (χ0v) is 27.8. The summed E-state index contributed by atoms with van der Waals surface area (Å²) in [4.78, 5) is 42.5. The molecule has 8 nitrogen and oxygen atoms in total. The van der Waals surface area contributed by atoms with E-state index in [4.69, 9.17) is 9.47 Å². The number of benzene rings is 2. The monoisotopic (exact) mass is 625 g/mol. The lowest BCUT2D eigenvalue weighted by molar-refractivity contribution is -0.121. The Kier molecular flexibility index (Phi) is 12.2. The molecule has 0 unspecified atom stereocenters. The van der Waals surface area contributed by atoms with Crippen LogP contribution in [0.1, 0.15) is 89.1 Å². The first-order valence-electron chi connectivity index (χ1n) is 15.0. The fraction of sp³-hybridized carbons (Fsp3) is 0.471. The van der Waals surface area contributed by atoms with Gasteiger partial charge in [-0.3, -0.25) is 14.2 Å². The van der Waals surface area contributed by atoms with Gasteiger partial charge in [0.2, 0.25) is 5.91 Å². The predicted molar refractivity (Wildman–Crippen MR) is 172 cm³/mol. The molecule has 238 valence electrons. The van der Waals surface area contributed by atoms with Gasteiger partial charge in [0.25, 0.3) is 6.01 Å². The van der Waals surface area contributed by atoms with Crippen molar-refractivity contribution in [3.05, 3.63) is 70.8 Å². The molecule has 0 aliphatic heterocycles. The molecule has 0 spiro atoms. The second kappa shape index (κ2) is 15.4. The van der Waals surface area contributed by atoms with Crippen LogP contribution in [0.5, 0.6) is 6.01 Å². The van der Waals surface area contributed by atoms with Gasteiger partial charge in [0, 0.05) is 12.5 Å². The van der Waals surface area contributed by atoms with E-state index >= 15 is 4.39 Å². The number of aromatic nitrogens is 2. The fourth-order valence-electron chi connectivity index (χ4n) is 4.78. The van der Waals surface area contributed by atoms with E-state index in [1.807, 2.05) is 27.7 Å². The van der Waals surface area contributed by atoms with E-state index in [2.05, 4.69) is 10.3 Å². The highest BCUT2D eigenvalue weighted by Gasteiger charge is 2.25. The normalized spacial score (nSPS) is 12.2. The van der Waals surface area contributed by atoms with Crippen LogP contribution in [0.15, 0.2) is 42.5 Å². The Bertz CT molecular complexity index is 1480. The standard InChI is InChI=1S/C34H44FN3O5S/c1-9-28-29(19-36-31(40)30(17-21(3)4)44-22(5)39)38(33(37-28)42-10-2)20-24-16-15-23(18-27(24)35)25-13-11-12-14-26(25)32(41)43-34(6,7)8/h11-16,18,21,30H,9-10,17,19-20H2,1-8H3,(H,36,40)/t30-/m0/s1. The van der Waals surface area contributed by atoms with E-state index in [1.54, 1.807) is 61.7 Å². The number of rotatable bonds is 13. The molecule has 44 heavy (non-hydrogen) atoms. The number of nitrogens with one attached hydrogen (secondary N) is 1. The molecule has 1 amide bonds. The van der Waals surface area contributed by atoms with Crippen molar-refractivity contribution in [1.29, 1.82) is 0 Å². The number of carbonyl (C=O) groups excluding carboxylic acids is 3. The summed E-state index contributed by atoms with van der Waals surface area (Å²) in [5.41, 5.74) is 2.63. The third kappa shape index (κ3) is 9.42. The molecule has 1 N–H and O–H groups in total. The summed E-state index contributed by atoms with van der Waals surface area (Å²) in [6, 6.07) is 12.2. The Morgan fingerprint density at radius 1 is 1.09 bits per heavy atom. The smallest absolute Gasteiger partial charge is 0.339 e. The molecule has 0 radical (unpaired) electrons. The number of halogens is 1. The second-order valence-electron chi connectivity index (χ2n) is 12.0. The molecule has 0 saturated carbocycles. The number of amides is 1. The van der Waals surface area contributed by atoms with Crippen LogP contribution in [-0.4, -0.2) is 44.0 Å². The van der Waals surface area contributed by atoms with Crippen molar-refractivity contribution < 1.29 is 28.2 Å². The molecule has 0 saturated heterocycles. The van der Waals surface area contributed by atoms with Crippen molar-refractivity contribution >= 4 is 28.8 Å². The minimum absolute atomic E-state index is 0.114. The summed E-state index contributed by atoms with van der Waals surface area (Å²) in [6.07, 6.45) is 1.15. The highest BCUT2D eigenvalue weighted by Crippen LogP contribution is 2.29. The third-order valence-electron chi connectivity index (χ3n) is 6.68. The summed E-state index contributed by atoms with van der Waals surface area (Å²) in [6.45, 7) is 15.3. The van der Waals surface area contributed by atoms with Gasteiger partial charge >= 0.3 is 5.97 Å². The van der Waals surface area contributed by atoms with Gasteiger partial charge in [-0.1, -0.05) is 62.9 Å². The number of hydrogen-bond donors (Lipinski definition) is 1. The van der Waals surface area contributed by atoms with Gasteiger partial charge in [-0.05, 0) is 69.7 Å². The first kappa shape index (κ1) is 34.8. The molecular formula is C34H44FN3O5S. The third-order valence-corrected chi connectivity index (χ3v) is 7.71. The maximum absolute atomic E-state index is 15.7. The van der Waals surface area contributed by atoms with Crippen molar-refractivity contribution in [3.63, 3.8) is 0 Å². The van der Waals surface area contributed by atoms with Crippen LogP contribution in [0.4, 0.5) is 4.39 Å². The predicted octanol–water partition coefficient (Wildman–Crippen LogP) is 6.96. The second-order valence-corrected chi connectivity index (χ2v) is 13.3. The molecule has 2 aromatic carbocycles. The molecule has 0 bridgehead atoms. The summed E-state index contributed by atoms with van der Waals surface area (Å²) in [5, 5.41) is 2.36. The Balaban J connectivity index is 1.93. The van der Waals surface area contributed by atoms with Crippen LogP contribution in [-0.2, 0) is 33.8 Å². The van der Waals surface area contributed by atoms with Crippen LogP contribution >= 0.6 is 11.8 Å². The number of thioether (sulfide) groups is 1. The Labute approximate surface area is 264 Å². The zero-order valence-electron chi connectivity index (χ0n) is 27.0. The Morgan fingerprint density at radius 3 is 2.39 bits per heavy atom. The summed E-state index contributed by atoms with van der Waals surface area (Å²) < 4.78 is 28.9. The van der Waals surface area contributed by atoms with Gasteiger partial charge in [0.15, 0.2) is 5.12 Å². The highest BCUT2D eigenvalue weighted by molar-refractivity contribution is 8.14. The van der Waals surface area contributed by atoms with Crippen LogP contribution < -0.4 is 10.1 Å². The van der Waals surface area contributed by atoms with Crippen molar-refractivity contribution in [1.82, 2.24) is 14.9 Å². The van der Waals surface area contributed by atoms with Crippen molar-refractivity contribution in [2.75, 3.05) is 6.61 Å². The number of nitrogens with zero attached hydrogens (tertiary/aromatic N) is 2. The number of aryl methyl sites for hydroxylation is 1. The first-order chi connectivity index (χ1) is 20.7. The number of carbonyl (C=O) groups is 3. The molecule has 0 fully saturated rings. The molecule has 1 atom stereocenters. The van der Waals surface area contributed by atoms with Gasteiger partial charge in [-0.2, -0.15) is 4.98 Å². The molecular weight excluding hydrogens is 581 g/mol. The van der Waals surface area contributed by atoms with Gasteiger partial charge in [-0.15, -0.1) is 0 Å². The van der Waals surface area contributed by atoms with Crippen LogP contribution in [0, 0.1) is 11.7 Å². The number of imidazole rings is 1. The lowest BCUT2D eigenvalue weighted by Crippen LogP contribution is -2.34. The lowest BCUT2D eigenvalue weighted by Gasteiger charge is -2.20. The molecule has 3 rings (SSSR count). The lowest BCUT2D eigenvalue weighted by atomic mass is 9.98. The summed E-state index contributed by atoms with van der Waals surface area (Å²) >= 11 is 1.03. The average Bonchev–Trinajstić information content (AvgIpc) is 3.26. The van der Waals surface area contributed by atoms with Gasteiger partial charge in [-0.25, -0.2) is 9.18 Å². The van der Waals surface area contributed by atoms with E-state index in [1.165, 1.54) is 13.0 Å². The summed E-state index contributed by atoms with van der Waals surface area (Å²) in [7, 11) is 0. The van der Waals surface area contributed by atoms with E-state index in [0.717, 1.165) is 17.5 Å². The molecule has 0 aliphatic carbocycles. The molecule has 3 aromatic rings. The molecule has 1 aromatic heterocycles. The van der Waals surface area contributed by atoms with E-state index in [9.17, 15) is 14.4 Å². The van der Waals surface area contributed by atoms with E-state index < -0.39 is 22.6 Å². The zero-order chi connectivity index (χ0) is 32.6. The largest absolute Gasteiger partial charge is 0.465 e. The minimum Gasteiger partial charge on any atom is -0.465 e. The van der Waals surface area contributed by atoms with Crippen LogP contribution in [0.25, 0.3) is 11.1 Å². The quantitative estimate of drug-likeness (QED) is 0.205. The van der Waals surface area contributed by atoms with Gasteiger partial charge in [0.05, 0.1) is 41.9 Å². The average molecular weight is 626 g/mol. The highest BCUT2D eigenvalue weighted by atomic mass is 32.2. The number of hydrogen-bond acceptors (Lipinski definition) is 7. The molecule has 1 heterocycles. The molecule has 0 aliphatic rings. The topological polar surface area (TPSA) is 99.5 Å². The number of ether oxygens (including phenoxy) is 2. The van der Waals surface area contributed by atoms with Crippen LogP contribution in [0.3, 0.4) is 0 Å².